The molecular formula is C7H16N2O2P2. The number of carbonyl (C=O) groups excluding carboxylic acids is 2. The van der Waals surface area contributed by atoms with Crippen molar-refractivity contribution in [2.24, 2.45) is 0 Å². The molecule has 0 aliphatic carbocycles. The van der Waals surface area contributed by atoms with Crippen LogP contribution < -0.4 is 10.6 Å². The molecule has 0 rings (SSSR count). The summed E-state index contributed by atoms with van der Waals surface area (Å²) in [5, 5.41) is 5.36. The van der Waals surface area contributed by atoms with Gasteiger partial charge in [-0.25, -0.2) is 0 Å². The van der Waals surface area contributed by atoms with Gasteiger partial charge in [-0.1, -0.05) is 0 Å². The number of carbonyl (C=O) groups is 2. The lowest BCUT2D eigenvalue weighted by molar-refractivity contribution is 0.260. The van der Waals surface area contributed by atoms with Gasteiger partial charge in [0.05, 0.1) is 0 Å². The SMILES string of the molecule is O=C(P)NCCCCCNC(=O)P. The summed E-state index contributed by atoms with van der Waals surface area (Å²) in [4.78, 5) is 20.8. The molecule has 2 N–H and O–H groups in total. The van der Waals surface area contributed by atoms with Crippen LogP contribution in [0, 0.1) is 0 Å². The van der Waals surface area contributed by atoms with Crippen molar-refractivity contribution in [3.63, 3.8) is 0 Å². The van der Waals surface area contributed by atoms with Crippen LogP contribution in [0.15, 0.2) is 0 Å². The number of rotatable bonds is 6. The third kappa shape index (κ3) is 11.8. The molecule has 4 nitrogen and oxygen atoms in total. The second-order valence-corrected chi connectivity index (χ2v) is 3.69. The van der Waals surface area contributed by atoms with E-state index < -0.39 is 0 Å². The zero-order chi connectivity index (χ0) is 10.1. The standard InChI is InChI=1S/C7H16N2O2P2/c10-6(12)8-4-2-1-3-5-9-7(11)13/h1-5,12-13H2,(H,8,10)(H,9,11). The van der Waals surface area contributed by atoms with Crippen LogP contribution in [-0.2, 0) is 0 Å². The van der Waals surface area contributed by atoms with Gasteiger partial charge in [0.15, 0.2) is 0 Å². The second kappa shape index (κ2) is 8.40. The van der Waals surface area contributed by atoms with Crippen molar-refractivity contribution in [1.29, 1.82) is 0 Å². The van der Waals surface area contributed by atoms with Gasteiger partial charge in [0.1, 0.15) is 0 Å². The Morgan fingerprint density at radius 1 is 0.846 bits per heavy atom. The van der Waals surface area contributed by atoms with Gasteiger partial charge in [-0.3, -0.25) is 9.59 Å². The summed E-state index contributed by atoms with van der Waals surface area (Å²) in [6.07, 6.45) is 2.91. The number of nitrogens with one attached hydrogen (secondary N) is 2. The molecule has 2 amide bonds. The van der Waals surface area contributed by atoms with E-state index in [-0.39, 0.29) is 11.3 Å². The molecule has 2 unspecified atom stereocenters. The minimum Gasteiger partial charge on any atom is -0.353 e. The highest BCUT2D eigenvalue weighted by molar-refractivity contribution is 7.40. The van der Waals surface area contributed by atoms with Gasteiger partial charge in [-0.05, 0) is 37.7 Å². The molecule has 13 heavy (non-hydrogen) atoms. The van der Waals surface area contributed by atoms with Gasteiger partial charge < -0.3 is 10.6 Å². The van der Waals surface area contributed by atoms with E-state index >= 15 is 0 Å². The maximum Gasteiger partial charge on any atom is 0.234 e. The van der Waals surface area contributed by atoms with Crippen molar-refractivity contribution in [1.82, 2.24) is 10.6 Å². The minimum atomic E-state index is -0.0711. The highest BCUT2D eigenvalue weighted by Gasteiger charge is 1.92. The van der Waals surface area contributed by atoms with Crippen molar-refractivity contribution in [3.05, 3.63) is 0 Å². The van der Waals surface area contributed by atoms with E-state index in [0.29, 0.717) is 13.1 Å². The third-order valence-electron chi connectivity index (χ3n) is 1.45. The fourth-order valence-electron chi connectivity index (χ4n) is 0.850. The summed E-state index contributed by atoms with van der Waals surface area (Å²) in [6, 6.07) is 0. The predicted octanol–water partition coefficient (Wildman–Crippen LogP) is 1.33. The monoisotopic (exact) mass is 222 g/mol. The van der Waals surface area contributed by atoms with Gasteiger partial charge in [-0.2, -0.15) is 0 Å². The summed E-state index contributed by atoms with van der Waals surface area (Å²) < 4.78 is 0. The van der Waals surface area contributed by atoms with Crippen LogP contribution in [0.1, 0.15) is 19.3 Å². The molecule has 0 spiro atoms. The van der Waals surface area contributed by atoms with Crippen LogP contribution in [-0.4, -0.2) is 24.4 Å². The molecule has 6 heteroatoms. The van der Waals surface area contributed by atoms with E-state index in [4.69, 9.17) is 0 Å². The summed E-state index contributed by atoms with van der Waals surface area (Å²) in [5.74, 6) is 0. The van der Waals surface area contributed by atoms with Crippen molar-refractivity contribution in [2.75, 3.05) is 13.1 Å². The molecule has 0 fully saturated rings. The summed E-state index contributed by atoms with van der Waals surface area (Å²) in [6.45, 7) is 1.41. The highest BCUT2D eigenvalue weighted by atomic mass is 31.0. The lowest BCUT2D eigenvalue weighted by Crippen LogP contribution is -2.19. The molecule has 0 heterocycles. The fraction of sp³-hybridized carbons (Fsp3) is 0.714. The molecule has 0 aromatic rings. The van der Waals surface area contributed by atoms with Crippen molar-refractivity contribution in [3.8, 4) is 0 Å². The first-order valence-electron chi connectivity index (χ1n) is 4.19. The normalized spacial score (nSPS) is 9.38. The Bertz CT molecular complexity index is 158. The van der Waals surface area contributed by atoms with E-state index in [1.807, 2.05) is 0 Å². The molecule has 0 aliphatic rings. The smallest absolute Gasteiger partial charge is 0.234 e. The first kappa shape index (κ1) is 12.8. The fourth-order valence-corrected chi connectivity index (χ4v) is 1.14. The Hall–Kier alpha value is -0.200. The maximum atomic E-state index is 10.4. The number of hydrogen-bond donors (Lipinski definition) is 2. The van der Waals surface area contributed by atoms with Crippen LogP contribution in [0.25, 0.3) is 0 Å². The molecule has 2 atom stereocenters. The lowest BCUT2D eigenvalue weighted by Gasteiger charge is -2.02. The van der Waals surface area contributed by atoms with E-state index in [1.165, 1.54) is 0 Å². The van der Waals surface area contributed by atoms with E-state index in [0.717, 1.165) is 19.3 Å². The third-order valence-corrected chi connectivity index (χ3v) is 1.86. The number of amides is 2. The molecule has 0 saturated carbocycles. The maximum absolute atomic E-state index is 10.4. The van der Waals surface area contributed by atoms with Crippen molar-refractivity contribution in [2.45, 2.75) is 19.3 Å². The van der Waals surface area contributed by atoms with Crippen LogP contribution in [0.4, 0.5) is 9.59 Å². The quantitative estimate of drug-likeness (QED) is 0.526. The molecule has 0 saturated heterocycles. The molecule has 0 bridgehead atoms. The Kier molecular flexibility index (Phi) is 8.27. The Morgan fingerprint density at radius 2 is 1.23 bits per heavy atom. The zero-order valence-corrected chi connectivity index (χ0v) is 9.82. The van der Waals surface area contributed by atoms with Crippen LogP contribution >= 0.6 is 18.5 Å². The second-order valence-electron chi connectivity index (χ2n) is 2.64. The molecular weight excluding hydrogens is 206 g/mol. The number of unbranched alkanes of at least 4 members (excludes halogenated alkanes) is 2. The van der Waals surface area contributed by atoms with Crippen molar-refractivity contribution < 1.29 is 9.59 Å². The molecule has 0 aliphatic heterocycles. The van der Waals surface area contributed by atoms with Gasteiger partial charge in [0.25, 0.3) is 0 Å². The molecule has 0 radical (unpaired) electrons. The Balaban J connectivity index is 3.00. The topological polar surface area (TPSA) is 58.2 Å². The zero-order valence-electron chi connectivity index (χ0n) is 7.51. The van der Waals surface area contributed by atoms with Crippen LogP contribution in [0.3, 0.4) is 0 Å². The van der Waals surface area contributed by atoms with Gasteiger partial charge in [-0.15, -0.1) is 0 Å². The number of hydrogen-bond acceptors (Lipinski definition) is 2. The van der Waals surface area contributed by atoms with E-state index in [1.54, 1.807) is 0 Å². The van der Waals surface area contributed by atoms with Crippen molar-refractivity contribution >= 4 is 29.8 Å². The first-order valence-corrected chi connectivity index (χ1v) is 5.35. The Labute approximate surface area is 83.0 Å². The Morgan fingerprint density at radius 3 is 1.54 bits per heavy atom. The largest absolute Gasteiger partial charge is 0.353 e. The van der Waals surface area contributed by atoms with Gasteiger partial charge >= 0.3 is 0 Å². The van der Waals surface area contributed by atoms with Crippen LogP contribution in [0.5, 0.6) is 0 Å². The summed E-state index contributed by atoms with van der Waals surface area (Å²) in [5.41, 5.74) is -0.142. The van der Waals surface area contributed by atoms with E-state index in [9.17, 15) is 9.59 Å². The average molecular weight is 222 g/mol. The molecule has 76 valence electrons. The molecule has 0 aromatic heterocycles. The summed E-state index contributed by atoms with van der Waals surface area (Å²) >= 11 is 0. The minimum absolute atomic E-state index is 0.0711. The highest BCUT2D eigenvalue weighted by Crippen LogP contribution is 1.94. The summed E-state index contributed by atoms with van der Waals surface area (Å²) in [7, 11) is 4.14. The van der Waals surface area contributed by atoms with E-state index in [2.05, 4.69) is 29.1 Å². The van der Waals surface area contributed by atoms with Gasteiger partial charge in [0.2, 0.25) is 11.3 Å². The first-order chi connectivity index (χ1) is 6.13. The predicted molar refractivity (Wildman–Crippen MR) is 60.1 cm³/mol. The molecule has 0 aromatic carbocycles. The average Bonchev–Trinajstić information content (AvgIpc) is 2.01. The lowest BCUT2D eigenvalue weighted by atomic mass is 10.2. The van der Waals surface area contributed by atoms with Crippen LogP contribution in [0.2, 0.25) is 0 Å². The van der Waals surface area contributed by atoms with Gasteiger partial charge in [0, 0.05) is 13.1 Å².